The zero-order valence-corrected chi connectivity index (χ0v) is 7.75. The Kier molecular flexibility index (Phi) is 3.17. The minimum absolute atomic E-state index is 0.143. The molecule has 1 rings (SSSR count). The molecule has 1 heterocycles. The molecule has 0 unspecified atom stereocenters. The van der Waals surface area contributed by atoms with Gasteiger partial charge in [0.25, 0.3) is 0 Å². The number of hydrogen-bond donors (Lipinski definition) is 2. The highest BCUT2D eigenvalue weighted by Gasteiger charge is 2.29. The van der Waals surface area contributed by atoms with Gasteiger partial charge in [0.15, 0.2) is 5.92 Å². The van der Waals surface area contributed by atoms with Crippen molar-refractivity contribution in [1.82, 2.24) is 9.97 Å². The van der Waals surface area contributed by atoms with E-state index in [0.29, 0.717) is 0 Å². The fraction of sp³-hybridized carbons (Fsp3) is 0.250. The van der Waals surface area contributed by atoms with Gasteiger partial charge >= 0.3 is 11.9 Å². The molecule has 0 aliphatic heterocycles. The van der Waals surface area contributed by atoms with E-state index in [1.54, 1.807) is 0 Å². The maximum Gasteiger partial charge on any atom is 0.324 e. The van der Waals surface area contributed by atoms with Crippen LogP contribution in [0.15, 0.2) is 12.4 Å². The van der Waals surface area contributed by atoms with Gasteiger partial charge in [0, 0.05) is 0 Å². The first-order valence-corrected chi connectivity index (χ1v) is 3.87. The topological polar surface area (TPSA) is 110 Å². The van der Waals surface area contributed by atoms with Gasteiger partial charge in [0.05, 0.1) is 25.2 Å². The van der Waals surface area contributed by atoms with Gasteiger partial charge in [-0.2, -0.15) is 0 Å². The molecule has 0 aliphatic rings. The minimum Gasteiger partial charge on any atom is -0.480 e. The predicted molar refractivity (Wildman–Crippen MR) is 46.6 cm³/mol. The van der Waals surface area contributed by atoms with E-state index in [0.717, 1.165) is 12.4 Å². The van der Waals surface area contributed by atoms with Crippen molar-refractivity contribution in [3.05, 3.63) is 18.1 Å². The molecule has 0 saturated carbocycles. The molecule has 0 aromatic carbocycles. The van der Waals surface area contributed by atoms with E-state index in [-0.39, 0.29) is 11.6 Å². The number of aromatic nitrogens is 2. The summed E-state index contributed by atoms with van der Waals surface area (Å²) in [5.74, 6) is -4.49. The Morgan fingerprint density at radius 3 is 2.20 bits per heavy atom. The highest BCUT2D eigenvalue weighted by atomic mass is 16.5. The van der Waals surface area contributed by atoms with Crippen LogP contribution in [0.25, 0.3) is 0 Å². The number of ether oxygens (including phenoxy) is 1. The zero-order valence-electron chi connectivity index (χ0n) is 7.75. The normalized spacial score (nSPS) is 10.0. The van der Waals surface area contributed by atoms with Crippen LogP contribution in [0, 0.1) is 0 Å². The molecular formula is C8H8N2O5. The number of nitrogens with zero attached hydrogens (tertiary/aromatic N) is 2. The average molecular weight is 212 g/mol. The van der Waals surface area contributed by atoms with E-state index in [1.165, 1.54) is 7.11 Å². The Bertz CT molecular complexity index is 361. The lowest BCUT2D eigenvalue weighted by atomic mass is 10.1. The third kappa shape index (κ3) is 2.39. The van der Waals surface area contributed by atoms with E-state index in [9.17, 15) is 9.59 Å². The lowest BCUT2D eigenvalue weighted by Crippen LogP contribution is -2.22. The van der Waals surface area contributed by atoms with Gasteiger partial charge < -0.3 is 14.9 Å². The first kappa shape index (κ1) is 10.9. The zero-order chi connectivity index (χ0) is 11.4. The third-order valence-corrected chi connectivity index (χ3v) is 1.65. The molecule has 0 bridgehead atoms. The molecule has 2 N–H and O–H groups in total. The van der Waals surface area contributed by atoms with E-state index < -0.39 is 17.9 Å². The molecule has 7 heteroatoms. The second-order valence-corrected chi connectivity index (χ2v) is 2.59. The molecule has 1 aromatic rings. The van der Waals surface area contributed by atoms with Gasteiger partial charge in [-0.05, 0) is 0 Å². The Balaban J connectivity index is 3.02. The van der Waals surface area contributed by atoms with Crippen LogP contribution in [0.5, 0.6) is 5.88 Å². The van der Waals surface area contributed by atoms with Crippen molar-refractivity contribution >= 4 is 11.9 Å². The fourth-order valence-corrected chi connectivity index (χ4v) is 0.939. The Morgan fingerprint density at radius 1 is 1.27 bits per heavy atom. The van der Waals surface area contributed by atoms with Gasteiger partial charge in [0.2, 0.25) is 5.88 Å². The first-order valence-electron chi connectivity index (χ1n) is 3.87. The average Bonchev–Trinajstić information content (AvgIpc) is 2.18. The summed E-state index contributed by atoms with van der Waals surface area (Å²) in [6.07, 6.45) is 2.22. The van der Waals surface area contributed by atoms with E-state index in [1.807, 2.05) is 0 Å². The van der Waals surface area contributed by atoms with Crippen LogP contribution in [-0.2, 0) is 9.59 Å². The number of carboxylic acids is 2. The lowest BCUT2D eigenvalue weighted by Gasteiger charge is -2.06. The molecule has 1 aromatic heterocycles. The van der Waals surface area contributed by atoms with Crippen LogP contribution < -0.4 is 4.74 Å². The van der Waals surface area contributed by atoms with E-state index in [4.69, 9.17) is 14.9 Å². The van der Waals surface area contributed by atoms with Gasteiger partial charge in [-0.3, -0.25) is 14.6 Å². The Labute approximate surface area is 84.4 Å². The molecule has 0 atom stereocenters. The Hall–Kier alpha value is -2.18. The predicted octanol–water partition coefficient (Wildman–Crippen LogP) is -0.262. The summed E-state index contributed by atoms with van der Waals surface area (Å²) in [6, 6.07) is 0. The van der Waals surface area contributed by atoms with Gasteiger partial charge in [0.1, 0.15) is 0 Å². The summed E-state index contributed by atoms with van der Waals surface area (Å²) < 4.78 is 4.70. The number of rotatable bonds is 4. The SMILES string of the molecule is COc1cnc(C(C(=O)O)C(=O)O)cn1. The number of methoxy groups -OCH3 is 1. The fourth-order valence-electron chi connectivity index (χ4n) is 0.939. The monoisotopic (exact) mass is 212 g/mol. The molecular weight excluding hydrogens is 204 g/mol. The lowest BCUT2D eigenvalue weighted by molar-refractivity contribution is -0.150. The maximum atomic E-state index is 10.6. The minimum atomic E-state index is -1.71. The van der Waals surface area contributed by atoms with Gasteiger partial charge in [-0.15, -0.1) is 0 Å². The van der Waals surface area contributed by atoms with Crippen molar-refractivity contribution in [2.24, 2.45) is 0 Å². The number of hydrogen-bond acceptors (Lipinski definition) is 5. The van der Waals surface area contributed by atoms with Crippen molar-refractivity contribution in [1.29, 1.82) is 0 Å². The quantitative estimate of drug-likeness (QED) is 0.661. The number of aliphatic carboxylic acids is 2. The van der Waals surface area contributed by atoms with Crippen molar-refractivity contribution in [2.75, 3.05) is 7.11 Å². The van der Waals surface area contributed by atoms with Crippen molar-refractivity contribution in [3.63, 3.8) is 0 Å². The largest absolute Gasteiger partial charge is 0.480 e. The second kappa shape index (κ2) is 4.36. The Morgan fingerprint density at radius 2 is 1.87 bits per heavy atom. The molecule has 80 valence electrons. The molecule has 0 saturated heterocycles. The van der Waals surface area contributed by atoms with Crippen LogP contribution in [0.4, 0.5) is 0 Å². The van der Waals surface area contributed by atoms with Gasteiger partial charge in [-0.25, -0.2) is 4.98 Å². The number of carbonyl (C=O) groups is 2. The summed E-state index contributed by atoms with van der Waals surface area (Å²) in [5, 5.41) is 17.3. The standard InChI is InChI=1S/C8H8N2O5/c1-15-5-3-9-4(2-10-5)6(7(11)12)8(13)14/h2-3,6H,1H3,(H,11,12)(H,13,14). The van der Waals surface area contributed by atoms with Crippen LogP contribution in [0.3, 0.4) is 0 Å². The second-order valence-electron chi connectivity index (χ2n) is 2.59. The van der Waals surface area contributed by atoms with Crippen molar-refractivity contribution in [2.45, 2.75) is 5.92 Å². The smallest absolute Gasteiger partial charge is 0.324 e. The first-order chi connectivity index (χ1) is 7.06. The summed E-state index contributed by atoms with van der Waals surface area (Å²) in [4.78, 5) is 28.5. The van der Waals surface area contributed by atoms with Crippen molar-refractivity contribution in [3.8, 4) is 5.88 Å². The van der Waals surface area contributed by atoms with Crippen LogP contribution in [0.2, 0.25) is 0 Å². The third-order valence-electron chi connectivity index (χ3n) is 1.65. The van der Waals surface area contributed by atoms with E-state index >= 15 is 0 Å². The molecule has 15 heavy (non-hydrogen) atoms. The summed E-state index contributed by atoms with van der Waals surface area (Å²) >= 11 is 0. The highest BCUT2D eigenvalue weighted by molar-refractivity contribution is 5.98. The van der Waals surface area contributed by atoms with E-state index in [2.05, 4.69) is 9.97 Å². The summed E-state index contributed by atoms with van der Waals surface area (Å²) in [5.41, 5.74) is -0.143. The van der Waals surface area contributed by atoms with Gasteiger partial charge in [-0.1, -0.05) is 0 Å². The summed E-state index contributed by atoms with van der Waals surface area (Å²) in [7, 11) is 1.37. The molecule has 0 radical (unpaired) electrons. The molecule has 0 amide bonds. The van der Waals surface area contributed by atoms with Crippen LogP contribution in [-0.4, -0.2) is 39.2 Å². The molecule has 7 nitrogen and oxygen atoms in total. The molecule has 0 aliphatic carbocycles. The van der Waals surface area contributed by atoms with Crippen molar-refractivity contribution < 1.29 is 24.5 Å². The molecule has 0 fully saturated rings. The number of carboxylic acid groups (broad SMARTS) is 2. The van der Waals surface area contributed by atoms with Crippen LogP contribution >= 0.6 is 0 Å². The maximum absolute atomic E-state index is 10.6. The summed E-state index contributed by atoms with van der Waals surface area (Å²) in [6.45, 7) is 0. The molecule has 0 spiro atoms. The highest BCUT2D eigenvalue weighted by Crippen LogP contribution is 2.14. The van der Waals surface area contributed by atoms with Crippen LogP contribution in [0.1, 0.15) is 11.6 Å².